The van der Waals surface area contributed by atoms with Gasteiger partial charge in [0.15, 0.2) is 11.5 Å². The smallest absolute Gasteiger partial charge is 0.230 e. The number of ketones is 2. The highest BCUT2D eigenvalue weighted by molar-refractivity contribution is 6.32. The van der Waals surface area contributed by atoms with Crippen molar-refractivity contribution in [1.82, 2.24) is 0 Å². The Morgan fingerprint density at radius 2 is 1.71 bits per heavy atom. The van der Waals surface area contributed by atoms with Gasteiger partial charge in [-0.25, -0.2) is 4.39 Å². The number of nitrogens with one attached hydrogen (secondary N) is 1. The van der Waals surface area contributed by atoms with E-state index in [4.69, 9.17) is 25.2 Å². The second-order valence-electron chi connectivity index (χ2n) is 7.95. The molecule has 6 nitrogen and oxygen atoms in total. The Morgan fingerprint density at radius 3 is 2.49 bits per heavy atom. The van der Waals surface area contributed by atoms with E-state index in [1.165, 1.54) is 31.4 Å². The fourth-order valence-electron chi connectivity index (χ4n) is 4.03. The van der Waals surface area contributed by atoms with Gasteiger partial charge in [0.05, 0.1) is 24.4 Å². The number of rotatable bonds is 7. The van der Waals surface area contributed by atoms with Crippen molar-refractivity contribution in [2.24, 2.45) is 0 Å². The average molecular weight is 492 g/mol. The fourth-order valence-corrected chi connectivity index (χ4v) is 4.29. The SMILES string of the molecule is COc1ccc(C(=O)c2oc3ccccc3c2NCC(=O)c2oc3ccc(F)cc3c2C)cc1Cl. The zero-order valence-electron chi connectivity index (χ0n) is 18.8. The lowest BCUT2D eigenvalue weighted by Crippen LogP contribution is -2.16. The highest BCUT2D eigenvalue weighted by Crippen LogP contribution is 2.34. The predicted molar refractivity (Wildman–Crippen MR) is 131 cm³/mol. The molecule has 5 aromatic rings. The maximum absolute atomic E-state index is 13.6. The molecule has 1 N–H and O–H groups in total. The molecule has 0 unspecified atom stereocenters. The molecule has 176 valence electrons. The van der Waals surface area contributed by atoms with E-state index < -0.39 is 11.6 Å². The number of Topliss-reactive ketones (excluding diaryl/α,β-unsaturated/α-hetero) is 1. The van der Waals surface area contributed by atoms with Crippen molar-refractivity contribution in [3.05, 3.63) is 94.2 Å². The molecule has 35 heavy (non-hydrogen) atoms. The maximum atomic E-state index is 13.6. The lowest BCUT2D eigenvalue weighted by molar-refractivity contribution is 0.0977. The van der Waals surface area contributed by atoms with Crippen LogP contribution in [0.15, 0.2) is 69.5 Å². The minimum atomic E-state index is -0.412. The van der Waals surface area contributed by atoms with Gasteiger partial charge in [-0.1, -0.05) is 23.7 Å². The first-order valence-electron chi connectivity index (χ1n) is 10.7. The summed E-state index contributed by atoms with van der Waals surface area (Å²) in [6, 6.07) is 15.9. The maximum Gasteiger partial charge on any atom is 0.230 e. The molecule has 2 heterocycles. The van der Waals surface area contributed by atoms with Crippen LogP contribution in [0.1, 0.15) is 32.2 Å². The Balaban J connectivity index is 1.48. The van der Waals surface area contributed by atoms with E-state index in [-0.39, 0.29) is 28.9 Å². The summed E-state index contributed by atoms with van der Waals surface area (Å²) >= 11 is 6.21. The van der Waals surface area contributed by atoms with Gasteiger partial charge in [-0.05, 0) is 55.5 Å². The van der Waals surface area contributed by atoms with Crippen LogP contribution in [0.2, 0.25) is 5.02 Å². The minimum Gasteiger partial charge on any atom is -0.495 e. The molecule has 0 radical (unpaired) electrons. The van der Waals surface area contributed by atoms with Gasteiger partial charge in [-0.2, -0.15) is 0 Å². The summed E-state index contributed by atoms with van der Waals surface area (Å²) in [5.41, 5.74) is 2.15. The number of halogens is 2. The summed E-state index contributed by atoms with van der Waals surface area (Å²) in [4.78, 5) is 26.4. The van der Waals surface area contributed by atoms with Crippen molar-refractivity contribution in [3.63, 3.8) is 0 Å². The van der Waals surface area contributed by atoms with E-state index in [1.807, 2.05) is 0 Å². The zero-order valence-corrected chi connectivity index (χ0v) is 19.5. The van der Waals surface area contributed by atoms with Gasteiger partial charge in [0.2, 0.25) is 11.6 Å². The summed E-state index contributed by atoms with van der Waals surface area (Å²) < 4.78 is 30.3. The number of methoxy groups -OCH3 is 1. The number of para-hydroxylation sites is 1. The number of hydrogen-bond donors (Lipinski definition) is 1. The fraction of sp³-hybridized carbons (Fsp3) is 0.111. The molecule has 3 aromatic carbocycles. The summed E-state index contributed by atoms with van der Waals surface area (Å²) in [5.74, 6) is -0.557. The number of hydrogen-bond acceptors (Lipinski definition) is 6. The summed E-state index contributed by atoms with van der Waals surface area (Å²) in [6.45, 7) is 1.53. The summed E-state index contributed by atoms with van der Waals surface area (Å²) in [5, 5.41) is 4.52. The van der Waals surface area contributed by atoms with Crippen LogP contribution in [0.3, 0.4) is 0 Å². The molecule has 0 aliphatic carbocycles. The zero-order chi connectivity index (χ0) is 24.7. The van der Waals surface area contributed by atoms with Gasteiger partial charge in [0, 0.05) is 21.9 Å². The Hall–Kier alpha value is -4.10. The van der Waals surface area contributed by atoms with Crippen LogP contribution < -0.4 is 10.1 Å². The van der Waals surface area contributed by atoms with Gasteiger partial charge >= 0.3 is 0 Å². The minimum absolute atomic E-state index is 0.0450. The molecule has 8 heteroatoms. The normalized spacial score (nSPS) is 11.2. The van der Waals surface area contributed by atoms with E-state index >= 15 is 0 Å². The Bertz CT molecular complexity index is 1620. The Kier molecular flexibility index (Phi) is 5.78. The number of ether oxygens (including phenoxy) is 1. The third-order valence-corrected chi connectivity index (χ3v) is 6.09. The van der Waals surface area contributed by atoms with Crippen LogP contribution in [-0.4, -0.2) is 25.2 Å². The van der Waals surface area contributed by atoms with Crippen molar-refractivity contribution >= 4 is 50.8 Å². The van der Waals surface area contributed by atoms with Gasteiger partial charge in [-0.3, -0.25) is 9.59 Å². The molecular formula is C27H19ClFNO5. The van der Waals surface area contributed by atoms with Crippen LogP contribution >= 0.6 is 11.6 Å². The molecule has 2 aromatic heterocycles. The van der Waals surface area contributed by atoms with E-state index in [2.05, 4.69) is 5.32 Å². The van der Waals surface area contributed by atoms with E-state index in [9.17, 15) is 14.0 Å². The molecule has 0 saturated heterocycles. The number of carbonyl (C=O) groups is 2. The van der Waals surface area contributed by atoms with Gasteiger partial charge in [0.1, 0.15) is 22.7 Å². The van der Waals surface area contributed by atoms with Crippen molar-refractivity contribution < 1.29 is 27.6 Å². The first-order valence-corrected chi connectivity index (χ1v) is 11.1. The van der Waals surface area contributed by atoms with Crippen LogP contribution in [-0.2, 0) is 0 Å². The molecule has 0 amide bonds. The quantitative estimate of drug-likeness (QED) is 0.252. The standard InChI is InChI=1S/C27H19ClFNO5/c1-14-18-12-16(29)8-10-22(18)34-26(14)20(31)13-30-24-17-5-3-4-6-21(17)35-27(24)25(32)15-7-9-23(33-2)19(28)11-15/h3-12,30H,13H2,1-2H3. The van der Waals surface area contributed by atoms with Crippen molar-refractivity contribution in [2.45, 2.75) is 6.92 Å². The van der Waals surface area contributed by atoms with Crippen LogP contribution in [0.5, 0.6) is 5.75 Å². The number of aryl methyl sites for hydroxylation is 1. The number of furan rings is 2. The lowest BCUT2D eigenvalue weighted by atomic mass is 10.1. The molecule has 5 rings (SSSR count). The van der Waals surface area contributed by atoms with E-state index in [1.54, 1.807) is 43.3 Å². The lowest BCUT2D eigenvalue weighted by Gasteiger charge is -2.08. The Morgan fingerprint density at radius 1 is 0.971 bits per heavy atom. The molecule has 0 saturated carbocycles. The number of carbonyl (C=O) groups excluding carboxylic acids is 2. The predicted octanol–water partition coefficient (Wildman–Crippen LogP) is 6.81. The number of fused-ring (bicyclic) bond motifs is 2. The third-order valence-electron chi connectivity index (χ3n) is 5.79. The Labute approximate surface area is 204 Å². The first kappa shape index (κ1) is 22.7. The first-order chi connectivity index (χ1) is 16.9. The molecule has 0 fully saturated rings. The van der Waals surface area contributed by atoms with Gasteiger partial charge in [-0.15, -0.1) is 0 Å². The monoisotopic (exact) mass is 491 g/mol. The highest BCUT2D eigenvalue weighted by Gasteiger charge is 2.24. The molecule has 0 aliphatic rings. The molecule has 0 aliphatic heterocycles. The van der Waals surface area contributed by atoms with Gasteiger partial charge < -0.3 is 18.9 Å². The second kappa shape index (κ2) is 8.92. The molecule has 0 bridgehead atoms. The topological polar surface area (TPSA) is 81.7 Å². The summed E-state index contributed by atoms with van der Waals surface area (Å²) in [6.07, 6.45) is 0. The molecular weight excluding hydrogens is 473 g/mol. The van der Waals surface area contributed by atoms with Gasteiger partial charge in [0.25, 0.3) is 0 Å². The van der Waals surface area contributed by atoms with Crippen molar-refractivity contribution in [1.29, 1.82) is 0 Å². The second-order valence-corrected chi connectivity index (χ2v) is 8.36. The van der Waals surface area contributed by atoms with Crippen LogP contribution in [0, 0.1) is 12.7 Å². The average Bonchev–Trinajstić information content (AvgIpc) is 3.39. The van der Waals surface area contributed by atoms with Crippen LogP contribution in [0.4, 0.5) is 10.1 Å². The van der Waals surface area contributed by atoms with Crippen molar-refractivity contribution in [2.75, 3.05) is 19.0 Å². The molecule has 0 atom stereocenters. The van der Waals surface area contributed by atoms with Crippen LogP contribution in [0.25, 0.3) is 21.9 Å². The third kappa shape index (κ3) is 4.04. The largest absolute Gasteiger partial charge is 0.495 e. The number of benzene rings is 3. The van der Waals surface area contributed by atoms with E-state index in [0.29, 0.717) is 44.5 Å². The van der Waals surface area contributed by atoms with Crippen molar-refractivity contribution in [3.8, 4) is 5.75 Å². The number of anilines is 1. The molecule has 0 spiro atoms. The van der Waals surface area contributed by atoms with E-state index in [0.717, 1.165) is 0 Å². The summed E-state index contributed by atoms with van der Waals surface area (Å²) in [7, 11) is 1.49. The highest BCUT2D eigenvalue weighted by atomic mass is 35.5.